The number of aliphatic hydroxyl groups is 1. The Morgan fingerprint density at radius 1 is 0.905 bits per heavy atom. The van der Waals surface area contributed by atoms with Crippen molar-refractivity contribution in [3.8, 4) is 11.5 Å². The van der Waals surface area contributed by atoms with Crippen molar-refractivity contribution < 1.29 is 14.6 Å². The van der Waals surface area contributed by atoms with Crippen LogP contribution in [0.25, 0.3) is 0 Å². The second-order valence-corrected chi connectivity index (χ2v) is 5.75. The van der Waals surface area contributed by atoms with Crippen LogP contribution in [-0.4, -0.2) is 18.3 Å². The molecule has 1 fully saturated rings. The van der Waals surface area contributed by atoms with Crippen LogP contribution in [0.15, 0.2) is 42.5 Å². The first-order valence-corrected chi connectivity index (χ1v) is 7.49. The van der Waals surface area contributed by atoms with Gasteiger partial charge in [-0.1, -0.05) is 30.3 Å². The number of hydrogen-bond donors (Lipinski definition) is 1. The van der Waals surface area contributed by atoms with Crippen LogP contribution in [0, 0.1) is 0 Å². The van der Waals surface area contributed by atoms with Gasteiger partial charge in [0.2, 0.25) is 0 Å². The highest BCUT2D eigenvalue weighted by atomic mass is 16.6. The van der Waals surface area contributed by atoms with Crippen LogP contribution in [0.2, 0.25) is 0 Å². The van der Waals surface area contributed by atoms with Crippen molar-refractivity contribution in [2.24, 2.45) is 0 Å². The maximum Gasteiger partial charge on any atom is 0.161 e. The van der Waals surface area contributed by atoms with Crippen molar-refractivity contribution in [2.45, 2.75) is 24.9 Å². The lowest BCUT2D eigenvalue weighted by molar-refractivity contribution is 0.169. The Balaban J connectivity index is 1.64. The van der Waals surface area contributed by atoms with E-state index in [1.165, 1.54) is 18.4 Å². The first-order valence-electron chi connectivity index (χ1n) is 7.49. The van der Waals surface area contributed by atoms with E-state index in [0.29, 0.717) is 19.1 Å². The third kappa shape index (κ3) is 2.49. The van der Waals surface area contributed by atoms with Crippen molar-refractivity contribution in [3.63, 3.8) is 0 Å². The molecule has 1 heterocycles. The van der Waals surface area contributed by atoms with E-state index < -0.39 is 6.10 Å². The predicted molar refractivity (Wildman–Crippen MR) is 79.9 cm³/mol. The maximum absolute atomic E-state index is 10.6. The lowest BCUT2D eigenvalue weighted by Crippen LogP contribution is -2.15. The number of aliphatic hydroxyl groups excluding tert-OH is 1. The Morgan fingerprint density at radius 3 is 2.48 bits per heavy atom. The second kappa shape index (κ2) is 5.08. The van der Waals surface area contributed by atoms with E-state index in [0.717, 1.165) is 22.6 Å². The molecule has 0 aromatic heterocycles. The highest BCUT2D eigenvalue weighted by Gasteiger charge is 2.24. The molecule has 2 aromatic carbocycles. The molecule has 1 atom stereocenters. The molecule has 4 rings (SSSR count). The molecule has 2 aromatic rings. The highest BCUT2D eigenvalue weighted by Crippen LogP contribution is 2.41. The maximum atomic E-state index is 10.6. The number of fused-ring (bicyclic) bond motifs is 1. The quantitative estimate of drug-likeness (QED) is 0.937. The van der Waals surface area contributed by atoms with E-state index in [4.69, 9.17) is 9.47 Å². The summed E-state index contributed by atoms with van der Waals surface area (Å²) in [6.07, 6.45) is 1.91. The summed E-state index contributed by atoms with van der Waals surface area (Å²) < 4.78 is 11.1. The molecule has 0 saturated heterocycles. The van der Waals surface area contributed by atoms with Gasteiger partial charge in [0, 0.05) is 0 Å². The standard InChI is InChI=1S/C18H18O3/c19-18(14-3-1-2-13(10-14)12-4-5-12)15-6-7-16-17(11-15)21-9-8-20-16/h1-3,6-7,10-12,18-19H,4-5,8-9H2. The zero-order valence-corrected chi connectivity index (χ0v) is 11.8. The fourth-order valence-corrected chi connectivity index (χ4v) is 2.82. The molecular formula is C18H18O3. The third-order valence-corrected chi connectivity index (χ3v) is 4.16. The highest BCUT2D eigenvalue weighted by molar-refractivity contribution is 5.46. The largest absolute Gasteiger partial charge is 0.486 e. The topological polar surface area (TPSA) is 38.7 Å². The van der Waals surface area contributed by atoms with Crippen molar-refractivity contribution in [1.29, 1.82) is 0 Å². The zero-order chi connectivity index (χ0) is 14.2. The summed E-state index contributed by atoms with van der Waals surface area (Å²) in [4.78, 5) is 0. The lowest BCUT2D eigenvalue weighted by Gasteiger charge is -2.20. The number of ether oxygens (including phenoxy) is 2. The van der Waals surface area contributed by atoms with Gasteiger partial charge in [-0.15, -0.1) is 0 Å². The average molecular weight is 282 g/mol. The molecule has 21 heavy (non-hydrogen) atoms. The summed E-state index contributed by atoms with van der Waals surface area (Å²) in [7, 11) is 0. The van der Waals surface area contributed by atoms with E-state index in [-0.39, 0.29) is 0 Å². The molecular weight excluding hydrogens is 264 g/mol. The van der Waals surface area contributed by atoms with Crippen LogP contribution in [0.5, 0.6) is 11.5 Å². The van der Waals surface area contributed by atoms with Crippen LogP contribution >= 0.6 is 0 Å². The normalized spacial score (nSPS) is 18.3. The fraction of sp³-hybridized carbons (Fsp3) is 0.333. The van der Waals surface area contributed by atoms with Gasteiger partial charge >= 0.3 is 0 Å². The average Bonchev–Trinajstić information content (AvgIpc) is 3.39. The molecule has 2 aliphatic rings. The molecule has 1 unspecified atom stereocenters. The van der Waals surface area contributed by atoms with Gasteiger partial charge in [-0.2, -0.15) is 0 Å². The monoisotopic (exact) mass is 282 g/mol. The van der Waals surface area contributed by atoms with Crippen molar-refractivity contribution >= 4 is 0 Å². The van der Waals surface area contributed by atoms with Crippen molar-refractivity contribution in [1.82, 2.24) is 0 Å². The Kier molecular flexibility index (Phi) is 3.08. The van der Waals surface area contributed by atoms with Gasteiger partial charge in [0.25, 0.3) is 0 Å². The van der Waals surface area contributed by atoms with Crippen molar-refractivity contribution in [3.05, 3.63) is 59.2 Å². The Labute approximate surface area is 124 Å². The minimum absolute atomic E-state index is 0.559. The number of benzene rings is 2. The van der Waals surface area contributed by atoms with Gasteiger partial charge in [0.15, 0.2) is 11.5 Å². The Hall–Kier alpha value is -2.00. The molecule has 0 radical (unpaired) electrons. The van der Waals surface area contributed by atoms with Crippen LogP contribution in [0.4, 0.5) is 0 Å². The number of hydrogen-bond acceptors (Lipinski definition) is 3. The van der Waals surface area contributed by atoms with Gasteiger partial charge in [-0.3, -0.25) is 0 Å². The fourth-order valence-electron chi connectivity index (χ4n) is 2.82. The van der Waals surface area contributed by atoms with Gasteiger partial charge in [-0.25, -0.2) is 0 Å². The number of rotatable bonds is 3. The van der Waals surface area contributed by atoms with Crippen LogP contribution in [0.1, 0.15) is 41.6 Å². The molecule has 0 amide bonds. The molecule has 1 N–H and O–H groups in total. The van der Waals surface area contributed by atoms with Crippen LogP contribution < -0.4 is 9.47 Å². The third-order valence-electron chi connectivity index (χ3n) is 4.16. The Morgan fingerprint density at radius 2 is 1.67 bits per heavy atom. The van der Waals surface area contributed by atoms with E-state index in [9.17, 15) is 5.11 Å². The molecule has 0 bridgehead atoms. The van der Waals surface area contributed by atoms with Gasteiger partial charge in [0.05, 0.1) is 0 Å². The predicted octanol–water partition coefficient (Wildman–Crippen LogP) is 3.42. The van der Waals surface area contributed by atoms with Crippen LogP contribution in [-0.2, 0) is 0 Å². The first-order chi connectivity index (χ1) is 10.3. The molecule has 1 saturated carbocycles. The van der Waals surface area contributed by atoms with E-state index in [2.05, 4.69) is 12.1 Å². The molecule has 1 aliphatic heterocycles. The van der Waals surface area contributed by atoms with E-state index in [1.807, 2.05) is 30.3 Å². The van der Waals surface area contributed by atoms with Gasteiger partial charge < -0.3 is 14.6 Å². The molecule has 108 valence electrons. The minimum atomic E-state index is -0.625. The Bertz CT molecular complexity index is 661. The summed E-state index contributed by atoms with van der Waals surface area (Å²) in [5.74, 6) is 2.16. The summed E-state index contributed by atoms with van der Waals surface area (Å²) in [6.45, 7) is 1.14. The molecule has 3 nitrogen and oxygen atoms in total. The molecule has 1 aliphatic carbocycles. The summed E-state index contributed by atoms with van der Waals surface area (Å²) in [6, 6.07) is 13.9. The summed E-state index contributed by atoms with van der Waals surface area (Å²) in [5, 5.41) is 10.6. The lowest BCUT2D eigenvalue weighted by atomic mass is 9.98. The van der Waals surface area contributed by atoms with E-state index >= 15 is 0 Å². The van der Waals surface area contributed by atoms with Crippen molar-refractivity contribution in [2.75, 3.05) is 13.2 Å². The smallest absolute Gasteiger partial charge is 0.161 e. The van der Waals surface area contributed by atoms with E-state index in [1.54, 1.807) is 0 Å². The first kappa shape index (κ1) is 12.7. The SMILES string of the molecule is OC(c1cccc(C2CC2)c1)c1ccc2c(c1)OCCO2. The van der Waals surface area contributed by atoms with Crippen LogP contribution in [0.3, 0.4) is 0 Å². The van der Waals surface area contributed by atoms with Gasteiger partial charge in [0.1, 0.15) is 19.3 Å². The summed E-state index contributed by atoms with van der Waals surface area (Å²) in [5.41, 5.74) is 3.12. The molecule has 0 spiro atoms. The zero-order valence-electron chi connectivity index (χ0n) is 11.8. The minimum Gasteiger partial charge on any atom is -0.486 e. The summed E-state index contributed by atoms with van der Waals surface area (Å²) >= 11 is 0. The molecule has 3 heteroatoms. The van der Waals surface area contributed by atoms with Gasteiger partial charge in [-0.05, 0) is 47.6 Å². The second-order valence-electron chi connectivity index (χ2n) is 5.75.